The van der Waals surface area contributed by atoms with Crippen LogP contribution >= 0.6 is 0 Å². The molecule has 166 valence electrons. The van der Waals surface area contributed by atoms with E-state index in [2.05, 4.69) is 15.3 Å². The highest BCUT2D eigenvalue weighted by Gasteiger charge is 2.28. The van der Waals surface area contributed by atoms with Gasteiger partial charge in [-0.2, -0.15) is 5.10 Å². The number of hydrogen-bond acceptors (Lipinski definition) is 5. The van der Waals surface area contributed by atoms with Crippen molar-refractivity contribution in [2.24, 2.45) is 18.7 Å². The second-order valence-electron chi connectivity index (χ2n) is 8.94. The van der Waals surface area contributed by atoms with Crippen molar-refractivity contribution < 1.29 is 9.59 Å². The van der Waals surface area contributed by atoms with Crippen molar-refractivity contribution in [1.82, 2.24) is 14.8 Å². The molecule has 1 aliphatic heterocycles. The van der Waals surface area contributed by atoms with Crippen molar-refractivity contribution in [2.75, 3.05) is 23.3 Å². The number of carbonyl (C=O) groups excluding carboxylic acids is 2. The summed E-state index contributed by atoms with van der Waals surface area (Å²) in [6.45, 7) is 3.52. The maximum Gasteiger partial charge on any atom is 0.256 e. The summed E-state index contributed by atoms with van der Waals surface area (Å²) in [6, 6.07) is 9.79. The number of amides is 2. The number of anilines is 2. The largest absolute Gasteiger partial charge is 0.371 e. The maximum atomic E-state index is 13.2. The van der Waals surface area contributed by atoms with E-state index in [0.717, 1.165) is 72.6 Å². The van der Waals surface area contributed by atoms with Gasteiger partial charge in [-0.1, -0.05) is 0 Å². The first-order chi connectivity index (χ1) is 15.4. The Kier molecular flexibility index (Phi) is 5.07. The summed E-state index contributed by atoms with van der Waals surface area (Å²) in [6.07, 6.45) is 3.79. The average molecular weight is 433 g/mol. The number of primary amides is 1. The van der Waals surface area contributed by atoms with E-state index in [1.807, 2.05) is 44.3 Å². The molecule has 3 aromatic rings. The number of aryl methyl sites for hydroxylation is 2. The van der Waals surface area contributed by atoms with Gasteiger partial charge in [0.1, 0.15) is 0 Å². The van der Waals surface area contributed by atoms with Gasteiger partial charge in [0.05, 0.1) is 16.6 Å². The van der Waals surface area contributed by atoms with Crippen molar-refractivity contribution in [3.8, 4) is 0 Å². The lowest BCUT2D eigenvalue weighted by Crippen LogP contribution is -2.38. The topological polar surface area (TPSA) is 106 Å². The van der Waals surface area contributed by atoms with Crippen LogP contribution in [-0.4, -0.2) is 39.7 Å². The molecule has 2 amide bonds. The molecule has 8 nitrogen and oxygen atoms in total. The Morgan fingerprint density at radius 1 is 1.09 bits per heavy atom. The quantitative estimate of drug-likeness (QED) is 0.644. The molecule has 32 heavy (non-hydrogen) atoms. The van der Waals surface area contributed by atoms with E-state index in [4.69, 9.17) is 10.7 Å². The molecule has 1 saturated heterocycles. The van der Waals surface area contributed by atoms with Crippen LogP contribution in [0, 0.1) is 12.8 Å². The molecule has 5 rings (SSSR count). The number of nitrogens with one attached hydrogen (secondary N) is 1. The molecule has 2 aliphatic rings. The zero-order valence-corrected chi connectivity index (χ0v) is 18.5. The number of nitrogens with two attached hydrogens (primary N) is 1. The predicted molar refractivity (Wildman–Crippen MR) is 124 cm³/mol. The van der Waals surface area contributed by atoms with E-state index >= 15 is 0 Å². The Labute approximate surface area is 186 Å². The first-order valence-electron chi connectivity index (χ1n) is 11.2. The second kappa shape index (κ2) is 7.93. The monoisotopic (exact) mass is 432 g/mol. The van der Waals surface area contributed by atoms with Crippen LogP contribution in [0.5, 0.6) is 0 Å². The van der Waals surface area contributed by atoms with E-state index in [-0.39, 0.29) is 17.7 Å². The number of piperidine rings is 1. The highest BCUT2D eigenvalue weighted by Crippen LogP contribution is 2.40. The molecular weight excluding hydrogens is 404 g/mol. The maximum absolute atomic E-state index is 13.2. The Bertz CT molecular complexity index is 1190. The van der Waals surface area contributed by atoms with Gasteiger partial charge in [-0.05, 0) is 62.9 Å². The van der Waals surface area contributed by atoms with Crippen LogP contribution in [0.15, 0.2) is 30.3 Å². The first-order valence-corrected chi connectivity index (χ1v) is 11.2. The van der Waals surface area contributed by atoms with Crippen LogP contribution in [0.2, 0.25) is 0 Å². The van der Waals surface area contributed by atoms with Gasteiger partial charge < -0.3 is 16.0 Å². The molecule has 0 unspecified atom stereocenters. The normalized spacial score (nSPS) is 17.0. The van der Waals surface area contributed by atoms with E-state index in [0.29, 0.717) is 11.5 Å². The molecule has 3 N–H and O–H groups in total. The highest BCUT2D eigenvalue weighted by atomic mass is 16.2. The summed E-state index contributed by atoms with van der Waals surface area (Å²) in [4.78, 5) is 31.6. The van der Waals surface area contributed by atoms with Crippen LogP contribution < -0.4 is 16.0 Å². The van der Waals surface area contributed by atoms with Crippen molar-refractivity contribution >= 4 is 34.2 Å². The zero-order valence-electron chi connectivity index (χ0n) is 18.5. The standard InChI is InChI=1S/C24H28N6O2/c1-14-21-19(13-20(15-3-4-15)27-23(21)29(2)28-14)24(32)26-17-5-7-18(8-6-17)30-11-9-16(10-12-30)22(25)31/h5-8,13,15-16H,3-4,9-12H2,1-2H3,(H2,25,31)(H,26,32). The predicted octanol–water partition coefficient (Wildman–Crippen LogP) is 3.11. The van der Waals surface area contributed by atoms with Gasteiger partial charge in [0, 0.05) is 49.0 Å². The molecule has 1 aromatic carbocycles. The Morgan fingerprint density at radius 3 is 2.41 bits per heavy atom. The number of carbonyl (C=O) groups is 2. The zero-order chi connectivity index (χ0) is 22.4. The molecule has 0 bridgehead atoms. The molecule has 1 saturated carbocycles. The lowest BCUT2D eigenvalue weighted by atomic mass is 9.96. The number of benzene rings is 1. The van der Waals surface area contributed by atoms with Crippen LogP contribution in [0.4, 0.5) is 11.4 Å². The fourth-order valence-corrected chi connectivity index (χ4v) is 4.61. The number of nitrogens with zero attached hydrogens (tertiary/aromatic N) is 4. The lowest BCUT2D eigenvalue weighted by Gasteiger charge is -2.32. The van der Waals surface area contributed by atoms with Gasteiger partial charge in [0.25, 0.3) is 5.91 Å². The van der Waals surface area contributed by atoms with E-state index < -0.39 is 0 Å². The molecular formula is C24H28N6O2. The summed E-state index contributed by atoms with van der Waals surface area (Å²) in [7, 11) is 1.87. The average Bonchev–Trinajstić information content (AvgIpc) is 3.60. The fraction of sp³-hybridized carbons (Fsp3) is 0.417. The van der Waals surface area contributed by atoms with Crippen molar-refractivity contribution in [2.45, 2.75) is 38.5 Å². The first kappa shape index (κ1) is 20.5. The van der Waals surface area contributed by atoms with Crippen LogP contribution in [0.1, 0.15) is 53.3 Å². The SMILES string of the molecule is Cc1nn(C)c2nc(C3CC3)cc(C(=O)Nc3ccc(N4CCC(C(N)=O)CC4)cc3)c12. The van der Waals surface area contributed by atoms with Crippen molar-refractivity contribution in [3.63, 3.8) is 0 Å². The minimum absolute atomic E-state index is 0.0292. The number of fused-ring (bicyclic) bond motifs is 1. The number of rotatable bonds is 5. The number of pyridine rings is 1. The smallest absolute Gasteiger partial charge is 0.256 e. The number of hydrogen-bond donors (Lipinski definition) is 2. The lowest BCUT2D eigenvalue weighted by molar-refractivity contribution is -0.122. The summed E-state index contributed by atoms with van der Waals surface area (Å²) in [5.41, 5.74) is 10.4. The third-order valence-electron chi connectivity index (χ3n) is 6.62. The molecule has 0 spiro atoms. The summed E-state index contributed by atoms with van der Waals surface area (Å²) in [5, 5.41) is 8.33. The number of aromatic nitrogens is 3. The molecule has 3 heterocycles. The second-order valence-corrected chi connectivity index (χ2v) is 8.94. The van der Waals surface area contributed by atoms with Gasteiger partial charge in [-0.15, -0.1) is 0 Å². The molecule has 2 fully saturated rings. The van der Waals surface area contributed by atoms with Crippen molar-refractivity contribution in [3.05, 3.63) is 47.3 Å². The van der Waals surface area contributed by atoms with E-state index in [9.17, 15) is 9.59 Å². The van der Waals surface area contributed by atoms with Crippen LogP contribution in [0.25, 0.3) is 11.0 Å². The minimum Gasteiger partial charge on any atom is -0.371 e. The van der Waals surface area contributed by atoms with Crippen LogP contribution in [0.3, 0.4) is 0 Å². The third kappa shape index (κ3) is 3.81. The summed E-state index contributed by atoms with van der Waals surface area (Å²) in [5.74, 6) is 0.0599. The van der Waals surface area contributed by atoms with E-state index in [1.54, 1.807) is 4.68 Å². The van der Waals surface area contributed by atoms with Crippen LogP contribution in [-0.2, 0) is 11.8 Å². The third-order valence-corrected chi connectivity index (χ3v) is 6.62. The fourth-order valence-electron chi connectivity index (χ4n) is 4.61. The molecule has 1 aliphatic carbocycles. The van der Waals surface area contributed by atoms with Crippen molar-refractivity contribution in [1.29, 1.82) is 0 Å². The Morgan fingerprint density at radius 2 is 1.78 bits per heavy atom. The molecule has 0 atom stereocenters. The van der Waals surface area contributed by atoms with Gasteiger partial charge in [-0.25, -0.2) is 4.98 Å². The van der Waals surface area contributed by atoms with Gasteiger partial charge >= 0.3 is 0 Å². The molecule has 0 radical (unpaired) electrons. The summed E-state index contributed by atoms with van der Waals surface area (Å²) >= 11 is 0. The van der Waals surface area contributed by atoms with Gasteiger partial charge in [0.2, 0.25) is 5.91 Å². The highest BCUT2D eigenvalue weighted by molar-refractivity contribution is 6.12. The Hall–Kier alpha value is -3.42. The Balaban J connectivity index is 1.34. The summed E-state index contributed by atoms with van der Waals surface area (Å²) < 4.78 is 1.75. The van der Waals surface area contributed by atoms with E-state index in [1.165, 1.54) is 0 Å². The minimum atomic E-state index is -0.207. The molecule has 8 heteroatoms. The molecule has 2 aromatic heterocycles. The van der Waals surface area contributed by atoms with Gasteiger partial charge in [-0.3, -0.25) is 14.3 Å². The van der Waals surface area contributed by atoms with Gasteiger partial charge in [0.15, 0.2) is 5.65 Å².